The lowest BCUT2D eigenvalue weighted by Gasteiger charge is -2.10. The number of benzene rings is 1. The summed E-state index contributed by atoms with van der Waals surface area (Å²) in [5, 5.41) is 10.7. The standard InChI is InChI=1S/C13H12Cl2OS/c14-12-4-2-1-3-9(12)7-10(16)8-11-5-6-13(15)17-11/h1-6,10,16H,7-8H2. The summed E-state index contributed by atoms with van der Waals surface area (Å²) in [7, 11) is 0. The van der Waals surface area contributed by atoms with Crippen LogP contribution in [0.3, 0.4) is 0 Å². The van der Waals surface area contributed by atoms with Crippen molar-refractivity contribution in [3.63, 3.8) is 0 Å². The highest BCUT2D eigenvalue weighted by Gasteiger charge is 2.10. The van der Waals surface area contributed by atoms with Gasteiger partial charge >= 0.3 is 0 Å². The molecule has 0 spiro atoms. The van der Waals surface area contributed by atoms with Gasteiger partial charge in [-0.15, -0.1) is 11.3 Å². The Kier molecular flexibility index (Phi) is 4.46. The van der Waals surface area contributed by atoms with Crippen molar-refractivity contribution in [2.45, 2.75) is 18.9 Å². The maximum absolute atomic E-state index is 9.99. The maximum atomic E-state index is 9.99. The smallest absolute Gasteiger partial charge is 0.0931 e. The van der Waals surface area contributed by atoms with Gasteiger partial charge in [-0.05, 0) is 23.8 Å². The third-order valence-electron chi connectivity index (χ3n) is 2.48. The first-order valence-electron chi connectivity index (χ1n) is 5.31. The van der Waals surface area contributed by atoms with E-state index < -0.39 is 6.10 Å². The van der Waals surface area contributed by atoms with Crippen LogP contribution in [0.5, 0.6) is 0 Å². The zero-order valence-corrected chi connectivity index (χ0v) is 11.4. The highest BCUT2D eigenvalue weighted by Crippen LogP contribution is 2.24. The van der Waals surface area contributed by atoms with Gasteiger partial charge in [0.2, 0.25) is 0 Å². The second kappa shape index (κ2) is 5.87. The van der Waals surface area contributed by atoms with Crippen molar-refractivity contribution in [1.29, 1.82) is 0 Å². The van der Waals surface area contributed by atoms with E-state index in [1.165, 1.54) is 11.3 Å². The van der Waals surface area contributed by atoms with Crippen molar-refractivity contribution in [3.05, 3.63) is 56.2 Å². The van der Waals surface area contributed by atoms with Crippen LogP contribution in [0.2, 0.25) is 9.36 Å². The molecule has 1 nitrogen and oxygen atoms in total. The quantitative estimate of drug-likeness (QED) is 0.893. The first-order chi connectivity index (χ1) is 8.15. The number of thiophene rings is 1. The fraction of sp³-hybridized carbons (Fsp3) is 0.231. The zero-order chi connectivity index (χ0) is 12.3. The average molecular weight is 287 g/mol. The maximum Gasteiger partial charge on any atom is 0.0931 e. The van der Waals surface area contributed by atoms with Crippen molar-refractivity contribution in [1.82, 2.24) is 0 Å². The van der Waals surface area contributed by atoms with E-state index in [0.29, 0.717) is 17.9 Å². The molecule has 2 rings (SSSR count). The number of hydrogen-bond acceptors (Lipinski definition) is 2. The van der Waals surface area contributed by atoms with Gasteiger partial charge in [0.25, 0.3) is 0 Å². The van der Waals surface area contributed by atoms with Crippen LogP contribution in [0.25, 0.3) is 0 Å². The summed E-state index contributed by atoms with van der Waals surface area (Å²) in [6, 6.07) is 11.4. The van der Waals surface area contributed by atoms with Crippen molar-refractivity contribution in [2.75, 3.05) is 0 Å². The van der Waals surface area contributed by atoms with Crippen LogP contribution in [0, 0.1) is 0 Å². The van der Waals surface area contributed by atoms with Crippen molar-refractivity contribution >= 4 is 34.5 Å². The molecule has 0 saturated heterocycles. The van der Waals surface area contributed by atoms with Crippen molar-refractivity contribution < 1.29 is 5.11 Å². The largest absolute Gasteiger partial charge is 0.392 e. The predicted molar refractivity (Wildman–Crippen MR) is 74.2 cm³/mol. The summed E-state index contributed by atoms with van der Waals surface area (Å²) < 4.78 is 0.755. The molecule has 0 aliphatic carbocycles. The molecule has 0 saturated carbocycles. The summed E-state index contributed by atoms with van der Waals surface area (Å²) in [5.74, 6) is 0. The minimum absolute atomic E-state index is 0.426. The van der Waals surface area contributed by atoms with E-state index in [9.17, 15) is 5.11 Å². The summed E-state index contributed by atoms with van der Waals surface area (Å²) in [6.45, 7) is 0. The summed E-state index contributed by atoms with van der Waals surface area (Å²) in [5.41, 5.74) is 0.976. The van der Waals surface area contributed by atoms with Crippen molar-refractivity contribution in [3.8, 4) is 0 Å². The highest BCUT2D eigenvalue weighted by molar-refractivity contribution is 7.16. The fourth-order valence-electron chi connectivity index (χ4n) is 1.68. The molecule has 4 heteroatoms. The molecule has 1 heterocycles. The second-order valence-corrected chi connectivity index (χ2v) is 6.07. The Morgan fingerprint density at radius 2 is 1.82 bits per heavy atom. The Morgan fingerprint density at radius 1 is 1.06 bits per heavy atom. The lowest BCUT2D eigenvalue weighted by molar-refractivity contribution is 0.176. The highest BCUT2D eigenvalue weighted by atomic mass is 35.5. The van der Waals surface area contributed by atoms with Gasteiger partial charge in [0.15, 0.2) is 0 Å². The van der Waals surface area contributed by atoms with Gasteiger partial charge in [-0.1, -0.05) is 41.4 Å². The van der Waals surface area contributed by atoms with Gasteiger partial charge in [0, 0.05) is 22.7 Å². The molecule has 1 atom stereocenters. The molecule has 0 aliphatic heterocycles. The minimum Gasteiger partial charge on any atom is -0.392 e. The number of halogens is 2. The van der Waals surface area contributed by atoms with Gasteiger partial charge in [0.1, 0.15) is 0 Å². The first-order valence-corrected chi connectivity index (χ1v) is 6.88. The Hall–Kier alpha value is -0.540. The van der Waals surface area contributed by atoms with Crippen LogP contribution in [-0.2, 0) is 12.8 Å². The third kappa shape index (κ3) is 3.71. The molecular formula is C13H12Cl2OS. The molecular weight excluding hydrogens is 275 g/mol. The van der Waals surface area contributed by atoms with Crippen LogP contribution in [0.4, 0.5) is 0 Å². The molecule has 1 aromatic heterocycles. The molecule has 17 heavy (non-hydrogen) atoms. The lowest BCUT2D eigenvalue weighted by Crippen LogP contribution is -2.13. The number of aliphatic hydroxyl groups excluding tert-OH is 1. The van der Waals surface area contributed by atoms with E-state index in [-0.39, 0.29) is 0 Å². The molecule has 1 unspecified atom stereocenters. The summed E-state index contributed by atoms with van der Waals surface area (Å²) in [6.07, 6.45) is 0.752. The van der Waals surface area contributed by atoms with E-state index in [0.717, 1.165) is 14.8 Å². The minimum atomic E-state index is -0.426. The SMILES string of the molecule is OC(Cc1ccc(Cl)s1)Cc1ccccc1Cl. The summed E-state index contributed by atoms with van der Waals surface area (Å²) in [4.78, 5) is 1.09. The second-order valence-electron chi connectivity index (χ2n) is 3.86. The van der Waals surface area contributed by atoms with E-state index >= 15 is 0 Å². The van der Waals surface area contributed by atoms with Crippen LogP contribution in [0.1, 0.15) is 10.4 Å². The van der Waals surface area contributed by atoms with Gasteiger partial charge < -0.3 is 5.11 Å². The van der Waals surface area contributed by atoms with Crippen LogP contribution in [0.15, 0.2) is 36.4 Å². The Bertz CT molecular complexity index is 496. The molecule has 0 radical (unpaired) electrons. The average Bonchev–Trinajstić information content (AvgIpc) is 2.67. The Morgan fingerprint density at radius 3 is 2.47 bits per heavy atom. The normalized spacial score (nSPS) is 12.6. The molecule has 2 aromatic rings. The molecule has 1 N–H and O–H groups in total. The topological polar surface area (TPSA) is 20.2 Å². The number of hydrogen-bond donors (Lipinski definition) is 1. The molecule has 90 valence electrons. The number of aliphatic hydroxyl groups is 1. The van der Waals surface area contributed by atoms with E-state index in [4.69, 9.17) is 23.2 Å². The fourth-order valence-corrected chi connectivity index (χ4v) is 3.06. The number of rotatable bonds is 4. The predicted octanol–water partition coefficient (Wildman–Crippen LogP) is 4.20. The lowest BCUT2D eigenvalue weighted by atomic mass is 10.1. The van der Waals surface area contributed by atoms with Crippen LogP contribution in [-0.4, -0.2) is 11.2 Å². The van der Waals surface area contributed by atoms with Gasteiger partial charge in [-0.25, -0.2) is 0 Å². The van der Waals surface area contributed by atoms with Gasteiger partial charge in [-0.3, -0.25) is 0 Å². The monoisotopic (exact) mass is 286 g/mol. The Balaban J connectivity index is 1.98. The van der Waals surface area contributed by atoms with Gasteiger partial charge in [-0.2, -0.15) is 0 Å². The summed E-state index contributed by atoms with van der Waals surface area (Å²) >= 11 is 13.4. The zero-order valence-electron chi connectivity index (χ0n) is 9.07. The first kappa shape index (κ1) is 12.9. The van der Waals surface area contributed by atoms with E-state index in [1.54, 1.807) is 0 Å². The van der Waals surface area contributed by atoms with Crippen LogP contribution >= 0.6 is 34.5 Å². The molecule has 1 aromatic carbocycles. The molecule has 0 bridgehead atoms. The third-order valence-corrected chi connectivity index (χ3v) is 4.10. The van der Waals surface area contributed by atoms with E-state index in [2.05, 4.69) is 0 Å². The van der Waals surface area contributed by atoms with E-state index in [1.807, 2.05) is 36.4 Å². The van der Waals surface area contributed by atoms with Crippen molar-refractivity contribution in [2.24, 2.45) is 0 Å². The Labute approximate surface area is 115 Å². The molecule has 0 fully saturated rings. The van der Waals surface area contributed by atoms with Crippen LogP contribution < -0.4 is 0 Å². The molecule has 0 amide bonds. The van der Waals surface area contributed by atoms with Gasteiger partial charge in [0.05, 0.1) is 10.4 Å². The molecule has 0 aliphatic rings.